The molecule has 1 heterocycles. The number of rotatable bonds is 1. The summed E-state index contributed by atoms with van der Waals surface area (Å²) in [5.41, 5.74) is 1.72. The van der Waals surface area contributed by atoms with E-state index in [1.54, 1.807) is 0 Å². The van der Waals surface area contributed by atoms with Crippen molar-refractivity contribution in [1.29, 1.82) is 0 Å². The van der Waals surface area contributed by atoms with E-state index in [2.05, 4.69) is 31.9 Å². The Morgan fingerprint density at radius 2 is 2.00 bits per heavy atom. The molecule has 0 saturated carbocycles. The van der Waals surface area contributed by atoms with Crippen LogP contribution < -0.4 is 5.06 Å². The Kier molecular flexibility index (Phi) is 6.55. The Morgan fingerprint density at radius 1 is 1.41 bits per heavy atom. The minimum atomic E-state index is -0.750. The number of benzene rings is 1. The van der Waals surface area contributed by atoms with E-state index in [-0.39, 0.29) is 5.01 Å². The maximum Gasteiger partial charge on any atom is 0.238 e. The van der Waals surface area contributed by atoms with Gasteiger partial charge in [-0.2, -0.15) is 5.06 Å². The molecule has 0 saturated heterocycles. The molecule has 1 atom stereocenters. The largest absolute Gasteiger partial charge is 0.276 e. The van der Waals surface area contributed by atoms with Gasteiger partial charge in [-0.25, -0.2) is 4.84 Å². The number of halogens is 5. The van der Waals surface area contributed by atoms with E-state index in [1.807, 2.05) is 18.2 Å². The van der Waals surface area contributed by atoms with Crippen LogP contribution in [-0.2, 0) is 9.63 Å². The fraction of sp³-hybridized carbons (Fsp3) is 0.222. The van der Waals surface area contributed by atoms with Crippen molar-refractivity contribution < 1.29 is 9.63 Å². The van der Waals surface area contributed by atoms with Crippen molar-refractivity contribution in [2.24, 2.45) is 0 Å². The number of hydrogen-bond donors (Lipinski definition) is 0. The second kappa shape index (κ2) is 7.16. The minimum absolute atomic E-state index is 0.245. The van der Waals surface area contributed by atoms with Crippen LogP contribution in [0.1, 0.15) is 10.6 Å². The number of anilines is 1. The molecule has 1 aliphatic rings. The summed E-state index contributed by atoms with van der Waals surface area (Å²) >= 11 is 21.1. The van der Waals surface area contributed by atoms with E-state index in [1.165, 1.54) is 5.06 Å². The van der Waals surface area contributed by atoms with Crippen molar-refractivity contribution in [2.45, 2.75) is 9.31 Å². The molecule has 3 nitrogen and oxygen atoms in total. The molecule has 8 heteroatoms. The smallest absolute Gasteiger partial charge is 0.238 e. The molecule has 2 rings (SSSR count). The molecular weight excluding hydrogens is 420 g/mol. The first-order valence-electron chi connectivity index (χ1n) is 4.22. The Balaban J connectivity index is 0.000000317. The van der Waals surface area contributed by atoms with Gasteiger partial charge in [-0.15, -0.1) is 0 Å². The highest BCUT2D eigenvalue weighted by Crippen LogP contribution is 2.41. The standard InChI is InChI=1S/C8H5Br2NO2.CHCl3/c9-5-1-2-7-6(3-5)8(10)13-11(7)4-12;2-1(3)4/h1-4,8H;1H. The zero-order valence-electron chi connectivity index (χ0n) is 8.12. The molecular formula is C9H6Br2Cl3NO2. The number of nitrogens with zero attached hydrogens (tertiary/aromatic N) is 1. The van der Waals surface area contributed by atoms with Crippen LogP contribution in [0.4, 0.5) is 5.69 Å². The van der Waals surface area contributed by atoms with Crippen LogP contribution in [-0.4, -0.2) is 10.7 Å². The quantitative estimate of drug-likeness (QED) is 0.480. The summed E-state index contributed by atoms with van der Waals surface area (Å²) in [4.78, 5) is 15.8. The van der Waals surface area contributed by atoms with Gasteiger partial charge in [-0.3, -0.25) is 4.79 Å². The molecule has 94 valence electrons. The Morgan fingerprint density at radius 3 is 2.53 bits per heavy atom. The molecule has 0 aromatic heterocycles. The molecule has 0 N–H and O–H groups in total. The first kappa shape index (κ1) is 15.5. The van der Waals surface area contributed by atoms with Gasteiger partial charge >= 0.3 is 0 Å². The molecule has 1 aromatic rings. The van der Waals surface area contributed by atoms with Gasteiger partial charge in [-0.1, -0.05) is 50.7 Å². The van der Waals surface area contributed by atoms with Gasteiger partial charge in [0, 0.05) is 10.0 Å². The Labute approximate surface area is 130 Å². The average molecular weight is 426 g/mol. The van der Waals surface area contributed by atoms with Crippen LogP contribution in [0.5, 0.6) is 0 Å². The van der Waals surface area contributed by atoms with Crippen LogP contribution in [0.3, 0.4) is 0 Å². The topological polar surface area (TPSA) is 29.5 Å². The average Bonchev–Trinajstić information content (AvgIpc) is 2.54. The Bertz CT molecular complexity index is 403. The van der Waals surface area contributed by atoms with E-state index in [0.29, 0.717) is 6.41 Å². The lowest BCUT2D eigenvalue weighted by Crippen LogP contribution is -2.15. The molecule has 0 fully saturated rings. The molecule has 1 amide bonds. The van der Waals surface area contributed by atoms with Crippen LogP contribution in [0.15, 0.2) is 22.7 Å². The second-order valence-electron chi connectivity index (χ2n) is 2.80. The van der Waals surface area contributed by atoms with Crippen molar-refractivity contribution in [1.82, 2.24) is 0 Å². The van der Waals surface area contributed by atoms with Crippen molar-refractivity contribution >= 4 is 78.8 Å². The van der Waals surface area contributed by atoms with Crippen molar-refractivity contribution in [3.63, 3.8) is 0 Å². The lowest BCUT2D eigenvalue weighted by atomic mass is 10.2. The van der Waals surface area contributed by atoms with Gasteiger partial charge < -0.3 is 0 Å². The van der Waals surface area contributed by atoms with Gasteiger partial charge in [-0.05, 0) is 34.1 Å². The van der Waals surface area contributed by atoms with Gasteiger partial charge in [0.25, 0.3) is 0 Å². The lowest BCUT2D eigenvalue weighted by molar-refractivity contribution is -0.113. The maximum atomic E-state index is 10.6. The third-order valence-electron chi connectivity index (χ3n) is 1.77. The zero-order valence-corrected chi connectivity index (χ0v) is 13.6. The molecule has 0 aliphatic carbocycles. The number of fused-ring (bicyclic) bond motifs is 1. The number of carbonyl (C=O) groups is 1. The number of hydroxylamine groups is 1. The first-order valence-corrected chi connectivity index (χ1v) is 7.24. The normalized spacial score (nSPS) is 17.5. The van der Waals surface area contributed by atoms with Crippen LogP contribution in [0.25, 0.3) is 0 Å². The molecule has 1 aliphatic heterocycles. The van der Waals surface area contributed by atoms with Crippen LogP contribution in [0.2, 0.25) is 0 Å². The molecule has 17 heavy (non-hydrogen) atoms. The number of carbonyl (C=O) groups excluding carboxylic acids is 1. The second-order valence-corrected chi connectivity index (χ2v) is 6.53. The highest BCUT2D eigenvalue weighted by Gasteiger charge is 2.27. The van der Waals surface area contributed by atoms with E-state index in [0.717, 1.165) is 15.7 Å². The SMILES string of the molecule is ClC(Cl)Cl.O=CN1OC(Br)c2cc(Br)ccc21. The highest BCUT2D eigenvalue weighted by atomic mass is 79.9. The van der Waals surface area contributed by atoms with Crippen LogP contribution in [0, 0.1) is 0 Å². The third-order valence-corrected chi connectivity index (χ3v) is 2.93. The number of alkyl halides is 4. The summed E-state index contributed by atoms with van der Waals surface area (Å²) in [5, 5.41) is 0.964. The van der Waals surface area contributed by atoms with Gasteiger partial charge in [0.05, 0.1) is 5.69 Å². The Hall–Kier alpha value is 0.480. The van der Waals surface area contributed by atoms with E-state index >= 15 is 0 Å². The predicted octanol–water partition coefficient (Wildman–Crippen LogP) is 4.74. The van der Waals surface area contributed by atoms with Crippen molar-refractivity contribution in [3.8, 4) is 0 Å². The zero-order chi connectivity index (χ0) is 13.0. The predicted molar refractivity (Wildman–Crippen MR) is 76.8 cm³/mol. The monoisotopic (exact) mass is 423 g/mol. The van der Waals surface area contributed by atoms with Gasteiger partial charge in [0.1, 0.15) is 0 Å². The third kappa shape index (κ3) is 4.58. The minimum Gasteiger partial charge on any atom is -0.276 e. The lowest BCUT2D eigenvalue weighted by Gasteiger charge is -2.07. The fourth-order valence-corrected chi connectivity index (χ4v) is 2.13. The van der Waals surface area contributed by atoms with Gasteiger partial charge in [0.15, 0.2) is 9.31 Å². The summed E-state index contributed by atoms with van der Waals surface area (Å²) < 4.78 is 0.215. The molecule has 1 aromatic carbocycles. The van der Waals surface area contributed by atoms with E-state index in [4.69, 9.17) is 39.6 Å². The molecule has 0 bridgehead atoms. The highest BCUT2D eigenvalue weighted by molar-refractivity contribution is 9.10. The van der Waals surface area contributed by atoms with E-state index in [9.17, 15) is 4.79 Å². The summed E-state index contributed by atoms with van der Waals surface area (Å²) in [7, 11) is 0. The summed E-state index contributed by atoms with van der Waals surface area (Å²) in [6.07, 6.45) is 0.647. The maximum absolute atomic E-state index is 10.6. The summed E-state index contributed by atoms with van der Waals surface area (Å²) in [5.74, 6) is 0. The first-order chi connectivity index (χ1) is 7.95. The summed E-state index contributed by atoms with van der Waals surface area (Å²) in [6.45, 7) is 0. The fourth-order valence-electron chi connectivity index (χ4n) is 1.20. The van der Waals surface area contributed by atoms with Crippen molar-refractivity contribution in [3.05, 3.63) is 28.2 Å². The van der Waals surface area contributed by atoms with Crippen molar-refractivity contribution in [2.75, 3.05) is 5.06 Å². The molecule has 0 spiro atoms. The summed E-state index contributed by atoms with van der Waals surface area (Å²) in [6, 6.07) is 5.61. The number of amides is 1. The van der Waals surface area contributed by atoms with Crippen LogP contribution >= 0.6 is 66.7 Å². The number of hydrogen-bond acceptors (Lipinski definition) is 2. The molecule has 0 radical (unpaired) electrons. The van der Waals surface area contributed by atoms with Gasteiger partial charge in [0.2, 0.25) is 6.41 Å². The molecule has 1 unspecified atom stereocenters. The van der Waals surface area contributed by atoms with E-state index < -0.39 is 4.30 Å².